The molecule has 15 aromatic rings. The molecule has 0 radical (unpaired) electrons. The van der Waals surface area contributed by atoms with Crippen LogP contribution in [0.4, 0.5) is 0 Å². The predicted octanol–water partition coefficient (Wildman–Crippen LogP) is 17.9. The quantitative estimate of drug-likeness (QED) is 0.150. The van der Waals surface area contributed by atoms with Gasteiger partial charge in [0.25, 0.3) is 0 Å². The van der Waals surface area contributed by atoms with Crippen molar-refractivity contribution in [1.82, 2.24) is 24.1 Å². The Kier molecular flexibility index (Phi) is 9.50. The zero-order valence-electron chi connectivity index (χ0n) is 40.1. The van der Waals surface area contributed by atoms with Gasteiger partial charge >= 0.3 is 0 Å². The Hall–Kier alpha value is -9.97. The van der Waals surface area contributed by atoms with Crippen LogP contribution in [0.15, 0.2) is 261 Å². The van der Waals surface area contributed by atoms with Crippen molar-refractivity contribution >= 4 is 75.9 Å². The first-order valence-corrected chi connectivity index (χ1v) is 25.2. The average molecular weight is 942 g/mol. The Morgan fingerprint density at radius 1 is 0.243 bits per heavy atom. The van der Waals surface area contributed by atoms with E-state index in [1.165, 1.54) is 32.3 Å². The molecule has 0 spiro atoms. The molecule has 0 saturated heterocycles. The van der Waals surface area contributed by atoms with Crippen LogP contribution in [0, 0.1) is 0 Å². The molecule has 0 saturated carbocycles. The number of nitrogens with zero attached hydrogens (tertiary/aromatic N) is 5. The molecular formula is C69H43N5. The summed E-state index contributed by atoms with van der Waals surface area (Å²) in [5.41, 5.74) is 13.9. The first-order valence-electron chi connectivity index (χ1n) is 25.2. The SMILES string of the molecule is c1ccc(-c2ccc(-c3nc(-c4ccccc4)nc(-n4c5ccccc5c5c(-c6ccccc6)cc6c7ccccc7n(-c7cccc(-c8ccc9c%10ccccc%10c%10ccccc%10c9c8)c7)c6c54)n3)cc2)cc1. The van der Waals surface area contributed by atoms with Crippen LogP contribution in [0.5, 0.6) is 0 Å². The van der Waals surface area contributed by atoms with E-state index in [1.807, 2.05) is 24.3 Å². The van der Waals surface area contributed by atoms with Crippen LogP contribution in [0.1, 0.15) is 0 Å². The summed E-state index contributed by atoms with van der Waals surface area (Å²) in [6.45, 7) is 0. The highest BCUT2D eigenvalue weighted by molar-refractivity contribution is 6.28. The summed E-state index contributed by atoms with van der Waals surface area (Å²) in [4.78, 5) is 16.2. The Bertz CT molecular complexity index is 4650. The minimum absolute atomic E-state index is 0.542. The van der Waals surface area contributed by atoms with Crippen molar-refractivity contribution in [2.24, 2.45) is 0 Å². The van der Waals surface area contributed by atoms with Crippen molar-refractivity contribution < 1.29 is 0 Å². The lowest BCUT2D eigenvalue weighted by atomic mass is 9.92. The molecule has 3 aromatic heterocycles. The van der Waals surface area contributed by atoms with Crippen LogP contribution in [0.25, 0.3) is 144 Å². The van der Waals surface area contributed by atoms with Gasteiger partial charge in [0.05, 0.1) is 22.1 Å². The molecule has 5 heteroatoms. The molecule has 12 aromatic carbocycles. The molecule has 15 rings (SSSR count). The molecule has 74 heavy (non-hydrogen) atoms. The van der Waals surface area contributed by atoms with Crippen molar-refractivity contribution in [1.29, 1.82) is 0 Å². The third-order valence-electron chi connectivity index (χ3n) is 14.9. The van der Waals surface area contributed by atoms with Gasteiger partial charge in [-0.25, -0.2) is 4.98 Å². The maximum absolute atomic E-state index is 5.49. The molecule has 0 aliphatic carbocycles. The fraction of sp³-hybridized carbons (Fsp3) is 0. The monoisotopic (exact) mass is 941 g/mol. The summed E-state index contributed by atoms with van der Waals surface area (Å²) in [6.07, 6.45) is 0. The van der Waals surface area contributed by atoms with Crippen molar-refractivity contribution in [3.63, 3.8) is 0 Å². The van der Waals surface area contributed by atoms with Gasteiger partial charge in [-0.3, -0.25) is 4.57 Å². The second-order valence-corrected chi connectivity index (χ2v) is 19.1. The summed E-state index contributed by atoms with van der Waals surface area (Å²) in [6, 6.07) is 93.6. The predicted molar refractivity (Wildman–Crippen MR) is 308 cm³/mol. The van der Waals surface area contributed by atoms with Crippen LogP contribution in [0.3, 0.4) is 0 Å². The zero-order valence-corrected chi connectivity index (χ0v) is 40.1. The largest absolute Gasteiger partial charge is 0.307 e. The smallest absolute Gasteiger partial charge is 0.238 e. The Morgan fingerprint density at radius 3 is 1.34 bits per heavy atom. The second-order valence-electron chi connectivity index (χ2n) is 19.1. The lowest BCUT2D eigenvalue weighted by molar-refractivity contribution is 0.953. The highest BCUT2D eigenvalue weighted by Gasteiger charge is 2.26. The van der Waals surface area contributed by atoms with Gasteiger partial charge in [-0.15, -0.1) is 0 Å². The van der Waals surface area contributed by atoms with Gasteiger partial charge in [-0.1, -0.05) is 224 Å². The maximum atomic E-state index is 5.49. The fourth-order valence-corrected chi connectivity index (χ4v) is 11.6. The number of rotatable bonds is 7. The van der Waals surface area contributed by atoms with Crippen molar-refractivity contribution in [3.8, 4) is 67.8 Å². The van der Waals surface area contributed by atoms with E-state index in [4.69, 9.17) is 15.0 Å². The molecule has 0 unspecified atom stereocenters. The molecule has 5 nitrogen and oxygen atoms in total. The van der Waals surface area contributed by atoms with Crippen molar-refractivity contribution in [2.45, 2.75) is 0 Å². The van der Waals surface area contributed by atoms with E-state index in [2.05, 4.69) is 246 Å². The van der Waals surface area contributed by atoms with Gasteiger partial charge in [0.1, 0.15) is 0 Å². The number of hydrogen-bond donors (Lipinski definition) is 0. The summed E-state index contributed by atoms with van der Waals surface area (Å²) >= 11 is 0. The maximum Gasteiger partial charge on any atom is 0.238 e. The minimum atomic E-state index is 0.542. The van der Waals surface area contributed by atoms with Crippen LogP contribution < -0.4 is 0 Å². The Morgan fingerprint density at radius 2 is 0.689 bits per heavy atom. The molecule has 0 bridgehead atoms. The number of hydrogen-bond acceptors (Lipinski definition) is 3. The first-order chi connectivity index (χ1) is 36.7. The molecule has 0 atom stereocenters. The van der Waals surface area contributed by atoms with Crippen molar-refractivity contribution in [3.05, 3.63) is 261 Å². The van der Waals surface area contributed by atoms with E-state index < -0.39 is 0 Å². The average Bonchev–Trinajstić information content (AvgIpc) is 4.02. The minimum Gasteiger partial charge on any atom is -0.307 e. The van der Waals surface area contributed by atoms with Gasteiger partial charge in [-0.05, 0) is 102 Å². The summed E-state index contributed by atoms with van der Waals surface area (Å²) in [5, 5.41) is 12.1. The molecule has 0 fully saturated rings. The van der Waals surface area contributed by atoms with Gasteiger partial charge in [0.2, 0.25) is 5.95 Å². The van der Waals surface area contributed by atoms with Gasteiger partial charge in [-0.2, -0.15) is 9.97 Å². The van der Waals surface area contributed by atoms with E-state index >= 15 is 0 Å². The van der Waals surface area contributed by atoms with Crippen molar-refractivity contribution in [2.75, 3.05) is 0 Å². The molecule has 0 aliphatic rings. The summed E-state index contributed by atoms with van der Waals surface area (Å²) < 4.78 is 4.76. The van der Waals surface area contributed by atoms with Gasteiger partial charge < -0.3 is 4.57 Å². The van der Waals surface area contributed by atoms with Crippen LogP contribution in [0.2, 0.25) is 0 Å². The fourth-order valence-electron chi connectivity index (χ4n) is 11.6. The third kappa shape index (κ3) is 6.60. The summed E-state index contributed by atoms with van der Waals surface area (Å²) in [7, 11) is 0. The normalized spacial score (nSPS) is 11.8. The van der Waals surface area contributed by atoms with E-state index in [0.29, 0.717) is 17.6 Å². The molecule has 0 amide bonds. The number of para-hydroxylation sites is 2. The first kappa shape index (κ1) is 41.8. The standard InChI is InChI=1S/C69H43N5/c1-4-19-44(20-5-1)45-35-37-48(38-36-45)68-70-67(47-23-8-3-9-24-47)71-69(72-68)74-63-34-17-15-32-58(63)64-59(46-21-6-2-7-22-46)43-61-57-31-14-16-33-62(57)73(65(61)66(64)74)51-26-18-25-49(41-51)50-39-40-56-54-29-11-10-27-52(54)53-28-12-13-30-55(53)60(56)42-50/h1-43H. The third-order valence-corrected chi connectivity index (χ3v) is 14.9. The van der Waals surface area contributed by atoms with E-state index in [-0.39, 0.29) is 0 Å². The van der Waals surface area contributed by atoms with Crippen LogP contribution in [-0.2, 0) is 0 Å². The molecular weight excluding hydrogens is 899 g/mol. The zero-order chi connectivity index (χ0) is 48.7. The molecule has 0 N–H and O–H groups in total. The van der Waals surface area contributed by atoms with Gasteiger partial charge in [0.15, 0.2) is 11.6 Å². The molecule has 344 valence electrons. The van der Waals surface area contributed by atoms with E-state index in [0.717, 1.165) is 93.8 Å². The topological polar surface area (TPSA) is 48.5 Å². The lowest BCUT2D eigenvalue weighted by Crippen LogP contribution is -2.07. The van der Waals surface area contributed by atoms with E-state index in [9.17, 15) is 0 Å². The Balaban J connectivity index is 1.02. The number of fused-ring (bicyclic) bond motifs is 13. The van der Waals surface area contributed by atoms with E-state index in [1.54, 1.807) is 0 Å². The number of aromatic nitrogens is 5. The highest BCUT2D eigenvalue weighted by atomic mass is 15.2. The second kappa shape index (κ2) is 16.8. The van der Waals surface area contributed by atoms with Crippen LogP contribution in [-0.4, -0.2) is 24.1 Å². The highest BCUT2D eigenvalue weighted by Crippen LogP contribution is 2.47. The number of benzene rings is 12. The Labute approximate surface area is 426 Å². The van der Waals surface area contributed by atoms with Gasteiger partial charge in [0, 0.05) is 38.4 Å². The van der Waals surface area contributed by atoms with Crippen LogP contribution >= 0.6 is 0 Å². The molecule has 0 aliphatic heterocycles. The lowest BCUT2D eigenvalue weighted by Gasteiger charge is -2.15. The molecule has 3 heterocycles. The summed E-state index contributed by atoms with van der Waals surface area (Å²) in [5.74, 6) is 1.74.